The minimum absolute atomic E-state index is 0.123. The van der Waals surface area contributed by atoms with E-state index in [-0.39, 0.29) is 17.1 Å². The quantitative estimate of drug-likeness (QED) is 0.0465. The molecule has 11 aromatic rings. The van der Waals surface area contributed by atoms with Crippen molar-refractivity contribution in [3.05, 3.63) is 261 Å². The van der Waals surface area contributed by atoms with E-state index in [1.807, 2.05) is 0 Å². The van der Waals surface area contributed by atoms with Crippen molar-refractivity contribution in [3.8, 4) is 11.4 Å². The second-order valence-electron chi connectivity index (χ2n) is 18.8. The van der Waals surface area contributed by atoms with Gasteiger partial charge in [-0.05, 0) is 88.7 Å². The molecule has 0 saturated carbocycles. The van der Waals surface area contributed by atoms with Crippen LogP contribution in [0.1, 0.15) is 50.9 Å². The average molecular weight is 1270 g/mol. The van der Waals surface area contributed by atoms with Gasteiger partial charge in [0.1, 0.15) is 57.7 Å². The lowest BCUT2D eigenvalue weighted by Crippen LogP contribution is -2.46. The number of aromatic amines is 3. The van der Waals surface area contributed by atoms with Gasteiger partial charge in [0.15, 0.2) is 16.8 Å². The zero-order chi connectivity index (χ0) is 61.7. The molecule has 3 aromatic carbocycles. The molecule has 0 aliphatic heterocycles. The normalized spacial score (nSPS) is 14.0. The number of rotatable bonds is 17. The molecule has 86 heavy (non-hydrogen) atoms. The van der Waals surface area contributed by atoms with Crippen LogP contribution in [0.4, 0.5) is 52.7 Å². The minimum Gasteiger partial charge on any atom is -0.378 e. The van der Waals surface area contributed by atoms with Gasteiger partial charge in [0.2, 0.25) is 0 Å². The first-order valence-electron chi connectivity index (χ1n) is 24.8. The summed E-state index contributed by atoms with van der Waals surface area (Å²) >= 11 is 3.09. The fourth-order valence-corrected chi connectivity index (χ4v) is 9.10. The molecule has 8 aromatic heterocycles. The van der Waals surface area contributed by atoms with Crippen LogP contribution in [0, 0.1) is 34.9 Å². The van der Waals surface area contributed by atoms with Crippen molar-refractivity contribution in [2.45, 2.75) is 53.8 Å². The predicted octanol–water partition coefficient (Wildman–Crippen LogP) is 9.84. The number of alkyl halides is 6. The standard InChI is InChI=1S/2C19H14F4N6O.C17H12BrF4N3O/c20-12-1-3-15(16(21)9-12)18(30,10-13-5-6-25-27-13)19(22,23)17-4-2-14(11-24-17)29-8-7-26-28-29;20-12-1-3-15(16(21)9-12)18(30,10-13-5-6-25-28-13)19(22,23)17-4-2-14(11-24-17)29-26-7-8-27-29;18-10-1-4-15(23-9-10)17(21,22)16(26,8-12-5-6-24-25-12)13-3-2-11(19)7-14(13)20/h1-9,11,30H,10H2,(H,25,27);1-9,11,30H,10H2,(H,25,28);1-7,9,26H,8H2,(H,24,25). The summed E-state index contributed by atoms with van der Waals surface area (Å²) in [6.07, 6.45) is 10.8. The Hall–Kier alpha value is -9.46. The number of aromatic nitrogens is 15. The van der Waals surface area contributed by atoms with Crippen molar-refractivity contribution in [1.82, 2.24) is 75.5 Å². The second kappa shape index (κ2) is 24.6. The Bertz CT molecular complexity index is 3810. The lowest BCUT2D eigenvalue weighted by Gasteiger charge is -2.36. The van der Waals surface area contributed by atoms with Crippen LogP contribution >= 0.6 is 15.9 Å². The lowest BCUT2D eigenvalue weighted by molar-refractivity contribution is -0.199. The Labute approximate surface area is 484 Å². The summed E-state index contributed by atoms with van der Waals surface area (Å²) in [5.74, 6) is -18.9. The Kier molecular flexibility index (Phi) is 17.5. The third-order valence-electron chi connectivity index (χ3n) is 13.2. The molecule has 444 valence electrons. The Morgan fingerprint density at radius 3 is 1.10 bits per heavy atom. The third-order valence-corrected chi connectivity index (χ3v) is 13.7. The van der Waals surface area contributed by atoms with Gasteiger partial charge in [-0.3, -0.25) is 30.2 Å². The summed E-state index contributed by atoms with van der Waals surface area (Å²) in [5, 5.41) is 66.7. The van der Waals surface area contributed by atoms with E-state index < -0.39 is 123 Å². The number of H-pyrrole nitrogens is 3. The van der Waals surface area contributed by atoms with Gasteiger partial charge in [-0.15, -0.1) is 5.10 Å². The van der Waals surface area contributed by atoms with Crippen molar-refractivity contribution < 1.29 is 68.0 Å². The first-order valence-corrected chi connectivity index (χ1v) is 25.6. The number of hydrogen-bond acceptors (Lipinski definition) is 13. The van der Waals surface area contributed by atoms with Crippen LogP contribution < -0.4 is 0 Å². The zero-order valence-corrected chi connectivity index (χ0v) is 45.0. The van der Waals surface area contributed by atoms with Crippen LogP contribution in [-0.4, -0.2) is 90.9 Å². The second-order valence-corrected chi connectivity index (χ2v) is 19.7. The topological polar surface area (TPSA) is 247 Å². The van der Waals surface area contributed by atoms with Gasteiger partial charge >= 0.3 is 17.8 Å². The van der Waals surface area contributed by atoms with Crippen LogP contribution in [0.5, 0.6) is 0 Å². The van der Waals surface area contributed by atoms with E-state index >= 15 is 26.3 Å². The molecule has 0 aliphatic carbocycles. The number of benzene rings is 3. The molecular formula is C55H40BrF12N15O3. The lowest BCUT2D eigenvalue weighted by atomic mass is 9.81. The summed E-state index contributed by atoms with van der Waals surface area (Å²) in [6, 6.07) is 17.1. The summed E-state index contributed by atoms with van der Waals surface area (Å²) in [7, 11) is 0. The molecule has 3 atom stereocenters. The van der Waals surface area contributed by atoms with E-state index in [4.69, 9.17) is 0 Å². The van der Waals surface area contributed by atoms with E-state index in [1.165, 1.54) is 89.3 Å². The average Bonchev–Trinajstić information content (AvgIpc) is 1.22. The van der Waals surface area contributed by atoms with Gasteiger partial charge < -0.3 is 15.3 Å². The van der Waals surface area contributed by atoms with E-state index in [2.05, 4.69) is 82.0 Å². The van der Waals surface area contributed by atoms with Crippen LogP contribution in [0.15, 0.2) is 176 Å². The minimum atomic E-state index is -4.06. The number of pyridine rings is 3. The fraction of sp³-hybridized carbons (Fsp3) is 0.164. The summed E-state index contributed by atoms with van der Waals surface area (Å²) in [6.45, 7) is 0. The molecule has 0 spiro atoms. The first-order chi connectivity index (χ1) is 40.9. The maximum Gasteiger partial charge on any atom is 0.322 e. The molecule has 0 radical (unpaired) electrons. The van der Waals surface area contributed by atoms with E-state index in [0.717, 1.165) is 73.2 Å². The van der Waals surface area contributed by atoms with Crippen molar-refractivity contribution in [1.29, 1.82) is 0 Å². The summed E-state index contributed by atoms with van der Waals surface area (Å²) in [5.41, 5.74) is -12.8. The van der Waals surface area contributed by atoms with E-state index in [9.17, 15) is 41.7 Å². The smallest absolute Gasteiger partial charge is 0.322 e. The molecule has 8 heterocycles. The molecule has 31 heteroatoms. The van der Waals surface area contributed by atoms with Crippen LogP contribution in [0.25, 0.3) is 11.4 Å². The molecule has 3 unspecified atom stereocenters. The monoisotopic (exact) mass is 1270 g/mol. The molecule has 11 rings (SSSR count). The number of halogens is 13. The highest BCUT2D eigenvalue weighted by Crippen LogP contribution is 2.50. The number of hydrogen-bond donors (Lipinski definition) is 6. The number of nitrogens with one attached hydrogen (secondary N) is 3. The van der Waals surface area contributed by atoms with E-state index in [1.54, 1.807) is 0 Å². The first kappa shape index (κ1) is 61.1. The molecule has 6 N–H and O–H groups in total. The molecule has 18 nitrogen and oxygen atoms in total. The maximum absolute atomic E-state index is 15.6. The van der Waals surface area contributed by atoms with E-state index in [0.29, 0.717) is 34.0 Å². The third kappa shape index (κ3) is 12.4. The predicted molar refractivity (Wildman–Crippen MR) is 280 cm³/mol. The summed E-state index contributed by atoms with van der Waals surface area (Å²) < 4.78 is 178. The van der Waals surface area contributed by atoms with Gasteiger partial charge in [-0.2, -0.15) is 56.6 Å². The molecule has 0 aliphatic rings. The highest BCUT2D eigenvalue weighted by Gasteiger charge is 2.60. The summed E-state index contributed by atoms with van der Waals surface area (Å²) in [4.78, 5) is 12.3. The largest absolute Gasteiger partial charge is 0.378 e. The van der Waals surface area contributed by atoms with Crippen molar-refractivity contribution in [3.63, 3.8) is 0 Å². The highest BCUT2D eigenvalue weighted by atomic mass is 79.9. The van der Waals surface area contributed by atoms with Gasteiger partial charge in [0, 0.05) is 100 Å². The van der Waals surface area contributed by atoms with Gasteiger partial charge in [0.05, 0.1) is 42.9 Å². The highest BCUT2D eigenvalue weighted by molar-refractivity contribution is 9.10. The maximum atomic E-state index is 15.6. The van der Waals surface area contributed by atoms with Crippen LogP contribution in [0.2, 0.25) is 0 Å². The molecule has 0 saturated heterocycles. The zero-order valence-electron chi connectivity index (χ0n) is 43.4. The van der Waals surface area contributed by atoms with Gasteiger partial charge in [0.25, 0.3) is 0 Å². The molecule has 0 amide bonds. The fourth-order valence-electron chi connectivity index (χ4n) is 8.87. The number of nitrogens with zero attached hydrogens (tertiary/aromatic N) is 12. The van der Waals surface area contributed by atoms with Crippen molar-refractivity contribution >= 4 is 15.9 Å². The Morgan fingerprint density at radius 2 is 0.802 bits per heavy atom. The van der Waals surface area contributed by atoms with Crippen molar-refractivity contribution in [2.75, 3.05) is 0 Å². The van der Waals surface area contributed by atoms with Gasteiger partial charge in [-0.1, -0.05) is 23.4 Å². The number of aliphatic hydroxyl groups is 3. The Balaban J connectivity index is 0.000000155. The molecule has 0 bridgehead atoms. The van der Waals surface area contributed by atoms with Crippen molar-refractivity contribution in [2.24, 2.45) is 0 Å². The van der Waals surface area contributed by atoms with Crippen LogP contribution in [0.3, 0.4) is 0 Å². The SMILES string of the molecule is OC(Cc1ccn[nH]1)(c1ccc(F)cc1F)C(F)(F)c1ccc(-n2ccnn2)cn1.OC(Cc1ccn[nH]1)(c1ccc(F)cc1F)C(F)(F)c1ccc(-n2nccn2)cn1.OC(Cc1ccn[nH]1)(c1ccc(F)cc1F)C(F)(F)c1ccc(Br)cn1. The van der Waals surface area contributed by atoms with Gasteiger partial charge in [-0.25, -0.2) is 31.0 Å². The Morgan fingerprint density at radius 1 is 0.430 bits per heavy atom. The molecular weight excluding hydrogens is 1230 g/mol. The van der Waals surface area contributed by atoms with Crippen LogP contribution in [-0.2, 0) is 53.8 Å². The molecule has 0 fully saturated rings.